The number of rotatable bonds is 1. The van der Waals surface area contributed by atoms with Gasteiger partial charge in [0.2, 0.25) is 0 Å². The molecule has 1 aromatic carbocycles. The Balaban J connectivity index is 2.79. The van der Waals surface area contributed by atoms with Crippen LogP contribution in [0, 0.1) is 6.92 Å². The fourth-order valence-corrected chi connectivity index (χ4v) is 2.14. The molecule has 0 aliphatic rings. The summed E-state index contributed by atoms with van der Waals surface area (Å²) in [6, 6.07) is 6.33. The fourth-order valence-electron chi connectivity index (χ4n) is 1.51. The Kier molecular flexibility index (Phi) is 2.12. The van der Waals surface area contributed by atoms with E-state index in [1.165, 1.54) is 11.1 Å². The van der Waals surface area contributed by atoms with E-state index >= 15 is 0 Å². The van der Waals surface area contributed by atoms with Gasteiger partial charge >= 0.3 is 0 Å². The van der Waals surface area contributed by atoms with Crippen molar-refractivity contribution in [3.05, 3.63) is 28.5 Å². The molecule has 68 valence electrons. The van der Waals surface area contributed by atoms with Crippen LogP contribution in [-0.2, 0) is 6.54 Å². The van der Waals surface area contributed by atoms with Gasteiger partial charge in [0.05, 0.1) is 11.0 Å². The maximum absolute atomic E-state index is 4.42. The SMILES string of the molecule is CCn1c(Br)nc2cc(C)ccc21. The number of aryl methyl sites for hydroxylation is 2. The Morgan fingerprint density at radius 3 is 2.92 bits per heavy atom. The zero-order valence-electron chi connectivity index (χ0n) is 7.71. The minimum Gasteiger partial charge on any atom is -0.319 e. The van der Waals surface area contributed by atoms with Gasteiger partial charge in [-0.1, -0.05) is 6.07 Å². The molecule has 0 bridgehead atoms. The summed E-state index contributed by atoms with van der Waals surface area (Å²) < 4.78 is 3.06. The zero-order valence-corrected chi connectivity index (χ0v) is 9.30. The molecule has 0 N–H and O–H groups in total. The molecule has 1 aromatic heterocycles. The van der Waals surface area contributed by atoms with Gasteiger partial charge in [0.25, 0.3) is 0 Å². The number of halogens is 1. The van der Waals surface area contributed by atoms with Gasteiger partial charge in [-0.05, 0) is 47.5 Å². The van der Waals surface area contributed by atoms with Crippen LogP contribution in [0.2, 0.25) is 0 Å². The van der Waals surface area contributed by atoms with E-state index in [9.17, 15) is 0 Å². The molecule has 0 spiro atoms. The van der Waals surface area contributed by atoms with Crippen LogP contribution in [0.3, 0.4) is 0 Å². The highest BCUT2D eigenvalue weighted by Gasteiger charge is 2.05. The van der Waals surface area contributed by atoms with Gasteiger partial charge in [-0.3, -0.25) is 0 Å². The van der Waals surface area contributed by atoms with E-state index in [0.29, 0.717) is 0 Å². The first kappa shape index (κ1) is 8.75. The van der Waals surface area contributed by atoms with Crippen LogP contribution >= 0.6 is 15.9 Å². The predicted molar refractivity (Wildman–Crippen MR) is 57.8 cm³/mol. The van der Waals surface area contributed by atoms with E-state index in [1.54, 1.807) is 0 Å². The molecule has 0 radical (unpaired) electrons. The second kappa shape index (κ2) is 3.14. The molecule has 2 rings (SSSR count). The van der Waals surface area contributed by atoms with Gasteiger partial charge in [0.15, 0.2) is 4.73 Å². The van der Waals surface area contributed by atoms with E-state index < -0.39 is 0 Å². The second-order valence-corrected chi connectivity index (χ2v) is 3.83. The molecular weight excluding hydrogens is 228 g/mol. The average molecular weight is 239 g/mol. The first-order chi connectivity index (χ1) is 6.22. The van der Waals surface area contributed by atoms with Crippen LogP contribution in [-0.4, -0.2) is 9.55 Å². The van der Waals surface area contributed by atoms with Crippen LogP contribution in [0.4, 0.5) is 0 Å². The predicted octanol–water partition coefficient (Wildman–Crippen LogP) is 3.13. The number of aromatic nitrogens is 2. The molecule has 2 nitrogen and oxygen atoms in total. The number of fused-ring (bicyclic) bond motifs is 1. The molecule has 13 heavy (non-hydrogen) atoms. The topological polar surface area (TPSA) is 17.8 Å². The summed E-state index contributed by atoms with van der Waals surface area (Å²) in [6.07, 6.45) is 0. The Morgan fingerprint density at radius 2 is 2.23 bits per heavy atom. The minimum atomic E-state index is 0.913. The smallest absolute Gasteiger partial charge is 0.178 e. The molecular formula is C10H11BrN2. The molecule has 0 atom stereocenters. The van der Waals surface area contributed by atoms with E-state index in [-0.39, 0.29) is 0 Å². The Labute approximate surface area is 85.7 Å². The van der Waals surface area contributed by atoms with Crippen LogP contribution in [0.1, 0.15) is 12.5 Å². The summed E-state index contributed by atoms with van der Waals surface area (Å²) in [7, 11) is 0. The standard InChI is InChI=1S/C10H11BrN2/c1-3-13-9-5-4-7(2)6-8(9)12-10(13)11/h4-6H,3H2,1-2H3. The highest BCUT2D eigenvalue weighted by molar-refractivity contribution is 9.10. The van der Waals surface area contributed by atoms with Gasteiger partial charge in [0.1, 0.15) is 0 Å². The van der Waals surface area contributed by atoms with Gasteiger partial charge in [-0.2, -0.15) is 0 Å². The highest BCUT2D eigenvalue weighted by Crippen LogP contribution is 2.20. The molecule has 0 amide bonds. The third-order valence-electron chi connectivity index (χ3n) is 2.17. The van der Waals surface area contributed by atoms with Crippen molar-refractivity contribution >= 4 is 27.0 Å². The van der Waals surface area contributed by atoms with Gasteiger partial charge in [-0.15, -0.1) is 0 Å². The van der Waals surface area contributed by atoms with E-state index in [0.717, 1.165) is 16.8 Å². The molecule has 0 aliphatic carbocycles. The summed E-state index contributed by atoms with van der Waals surface area (Å²) in [5.74, 6) is 0. The number of benzene rings is 1. The summed E-state index contributed by atoms with van der Waals surface area (Å²) in [5.41, 5.74) is 3.51. The molecule has 1 heterocycles. The van der Waals surface area contributed by atoms with Crippen molar-refractivity contribution in [3.8, 4) is 0 Å². The van der Waals surface area contributed by atoms with E-state index in [4.69, 9.17) is 0 Å². The molecule has 0 unspecified atom stereocenters. The second-order valence-electron chi connectivity index (χ2n) is 3.12. The van der Waals surface area contributed by atoms with Crippen molar-refractivity contribution in [2.24, 2.45) is 0 Å². The third kappa shape index (κ3) is 1.37. The number of hydrogen-bond donors (Lipinski definition) is 0. The van der Waals surface area contributed by atoms with Crippen LogP contribution in [0.5, 0.6) is 0 Å². The van der Waals surface area contributed by atoms with Crippen molar-refractivity contribution in [1.29, 1.82) is 0 Å². The van der Waals surface area contributed by atoms with Crippen molar-refractivity contribution in [3.63, 3.8) is 0 Å². The highest BCUT2D eigenvalue weighted by atomic mass is 79.9. The Hall–Kier alpha value is -0.830. The van der Waals surface area contributed by atoms with Gasteiger partial charge in [-0.25, -0.2) is 4.98 Å². The summed E-state index contributed by atoms with van der Waals surface area (Å²) in [4.78, 5) is 4.42. The van der Waals surface area contributed by atoms with Crippen molar-refractivity contribution in [1.82, 2.24) is 9.55 Å². The molecule has 2 aromatic rings. The van der Waals surface area contributed by atoms with Crippen molar-refractivity contribution < 1.29 is 0 Å². The van der Waals surface area contributed by atoms with Crippen LogP contribution in [0.25, 0.3) is 11.0 Å². The monoisotopic (exact) mass is 238 g/mol. The molecule has 3 heteroatoms. The summed E-state index contributed by atoms with van der Waals surface area (Å²) >= 11 is 3.45. The fraction of sp³-hybridized carbons (Fsp3) is 0.300. The number of imidazole rings is 1. The largest absolute Gasteiger partial charge is 0.319 e. The normalized spacial score (nSPS) is 11.0. The molecule has 0 aliphatic heterocycles. The van der Waals surface area contributed by atoms with Gasteiger partial charge < -0.3 is 4.57 Å². The lowest BCUT2D eigenvalue weighted by molar-refractivity contribution is 0.765. The Morgan fingerprint density at radius 1 is 1.46 bits per heavy atom. The summed E-state index contributed by atoms with van der Waals surface area (Å²) in [5, 5.41) is 0. The van der Waals surface area contributed by atoms with Crippen molar-refractivity contribution in [2.45, 2.75) is 20.4 Å². The number of hydrogen-bond acceptors (Lipinski definition) is 1. The minimum absolute atomic E-state index is 0.913. The van der Waals surface area contributed by atoms with Crippen LogP contribution < -0.4 is 0 Å². The summed E-state index contributed by atoms with van der Waals surface area (Å²) in [6.45, 7) is 5.14. The maximum atomic E-state index is 4.42. The average Bonchev–Trinajstić information content (AvgIpc) is 2.39. The maximum Gasteiger partial charge on any atom is 0.178 e. The van der Waals surface area contributed by atoms with Gasteiger partial charge in [0, 0.05) is 6.54 Å². The molecule has 0 saturated carbocycles. The Bertz CT molecular complexity index is 445. The zero-order chi connectivity index (χ0) is 9.42. The first-order valence-corrected chi connectivity index (χ1v) is 5.14. The molecule has 0 fully saturated rings. The molecule has 0 saturated heterocycles. The number of nitrogens with zero attached hydrogens (tertiary/aromatic N) is 2. The van der Waals surface area contributed by atoms with Crippen molar-refractivity contribution in [2.75, 3.05) is 0 Å². The lowest BCUT2D eigenvalue weighted by Gasteiger charge is -2.00. The van der Waals surface area contributed by atoms with E-state index in [2.05, 4.69) is 57.5 Å². The lowest BCUT2D eigenvalue weighted by Crippen LogP contribution is -1.93. The first-order valence-electron chi connectivity index (χ1n) is 4.34. The van der Waals surface area contributed by atoms with E-state index in [1.807, 2.05) is 0 Å². The quantitative estimate of drug-likeness (QED) is 0.747. The third-order valence-corrected chi connectivity index (χ3v) is 2.78. The van der Waals surface area contributed by atoms with Crippen LogP contribution in [0.15, 0.2) is 22.9 Å². The lowest BCUT2D eigenvalue weighted by atomic mass is 10.2.